The number of carbonyl (C=O) groups is 1. The molecule has 0 fully saturated rings. The highest BCUT2D eigenvalue weighted by Crippen LogP contribution is 2.50. The number of rotatable bonds is 8. The van der Waals surface area contributed by atoms with Crippen LogP contribution in [-0.4, -0.2) is 54.4 Å². The average molecular weight is 431 g/mol. The molecule has 1 unspecified atom stereocenters. The van der Waals surface area contributed by atoms with Gasteiger partial charge >= 0.3 is 36.2 Å². The van der Waals surface area contributed by atoms with Crippen LogP contribution in [0.4, 0.5) is 48.3 Å². The van der Waals surface area contributed by atoms with Crippen molar-refractivity contribution in [3.05, 3.63) is 0 Å². The van der Waals surface area contributed by atoms with E-state index in [-0.39, 0.29) is 0 Å². The quantitative estimate of drug-likeness (QED) is 0.439. The maximum atomic E-state index is 12.7. The van der Waals surface area contributed by atoms with E-state index in [4.69, 9.17) is 5.11 Å². The number of aliphatic carboxylic acids is 1. The second-order valence-electron chi connectivity index (χ2n) is 4.84. The highest BCUT2D eigenvalue weighted by molar-refractivity contribution is 5.76. The van der Waals surface area contributed by atoms with Crippen LogP contribution in [0, 0.1) is 0 Å². The SMILES string of the molecule is CCCNCCC.O=C(O)C(F)(OC(F)(F)C(F)(F)C(F)(F)F)C(F)(F)F. The van der Waals surface area contributed by atoms with Crippen LogP contribution < -0.4 is 5.32 Å². The minimum Gasteiger partial charge on any atom is -0.477 e. The number of halogens is 11. The number of hydrogen-bond donors (Lipinski definition) is 2. The molecular formula is C12H16F11NO3. The lowest BCUT2D eigenvalue weighted by Gasteiger charge is -2.32. The molecule has 0 aromatic rings. The molecule has 2 N–H and O–H groups in total. The third-order valence-corrected chi connectivity index (χ3v) is 2.48. The first kappa shape index (κ1) is 27.8. The van der Waals surface area contributed by atoms with Crippen molar-refractivity contribution < 1.29 is 62.9 Å². The lowest BCUT2D eigenvalue weighted by Crippen LogP contribution is -2.61. The first-order valence-electron chi connectivity index (χ1n) is 7.04. The summed E-state index contributed by atoms with van der Waals surface area (Å²) in [6.45, 7) is 6.72. The molecule has 0 aromatic heterocycles. The Morgan fingerprint density at radius 3 is 1.41 bits per heavy atom. The molecule has 0 aliphatic heterocycles. The molecule has 0 aromatic carbocycles. The predicted molar refractivity (Wildman–Crippen MR) is 68.0 cm³/mol. The largest absolute Gasteiger partial charge is 0.477 e. The van der Waals surface area contributed by atoms with E-state index in [1.807, 2.05) is 0 Å². The predicted octanol–water partition coefficient (Wildman–Crippen LogP) is 4.50. The summed E-state index contributed by atoms with van der Waals surface area (Å²) in [5.41, 5.74) is 0. The lowest BCUT2D eigenvalue weighted by molar-refractivity contribution is -0.474. The van der Waals surface area contributed by atoms with E-state index in [0.29, 0.717) is 0 Å². The molecule has 0 amide bonds. The number of hydrogen-bond acceptors (Lipinski definition) is 3. The molecule has 0 radical (unpaired) electrons. The molecule has 0 heterocycles. The van der Waals surface area contributed by atoms with Gasteiger partial charge in [0.2, 0.25) is 0 Å². The zero-order valence-electron chi connectivity index (χ0n) is 13.7. The van der Waals surface area contributed by atoms with Crippen LogP contribution in [0.2, 0.25) is 0 Å². The van der Waals surface area contributed by atoms with Crippen molar-refractivity contribution in [2.24, 2.45) is 0 Å². The summed E-state index contributed by atoms with van der Waals surface area (Å²) in [6, 6.07) is 0. The van der Waals surface area contributed by atoms with Crippen LogP contribution in [-0.2, 0) is 9.53 Å². The third kappa shape index (κ3) is 7.27. The van der Waals surface area contributed by atoms with Crippen LogP contribution >= 0.6 is 0 Å². The van der Waals surface area contributed by atoms with Crippen molar-refractivity contribution in [3.8, 4) is 0 Å². The number of carboxylic acid groups (broad SMARTS) is 1. The molecule has 0 aliphatic carbocycles. The van der Waals surface area contributed by atoms with E-state index in [1.165, 1.54) is 25.9 Å². The first-order valence-corrected chi connectivity index (χ1v) is 7.04. The van der Waals surface area contributed by atoms with Crippen LogP contribution in [0.5, 0.6) is 0 Å². The van der Waals surface area contributed by atoms with Crippen molar-refractivity contribution in [2.75, 3.05) is 13.1 Å². The Labute approximate surface area is 145 Å². The molecule has 0 aliphatic rings. The number of alkyl halides is 11. The van der Waals surface area contributed by atoms with Crippen LogP contribution in [0.1, 0.15) is 26.7 Å². The van der Waals surface area contributed by atoms with Gasteiger partial charge in [0.25, 0.3) is 0 Å². The molecule has 1 atom stereocenters. The van der Waals surface area contributed by atoms with Crippen LogP contribution in [0.3, 0.4) is 0 Å². The maximum absolute atomic E-state index is 12.7. The Morgan fingerprint density at radius 1 is 0.815 bits per heavy atom. The molecule has 0 saturated heterocycles. The molecule has 0 rings (SSSR count). The van der Waals surface area contributed by atoms with Crippen molar-refractivity contribution in [1.29, 1.82) is 0 Å². The molecule has 0 bridgehead atoms. The van der Waals surface area contributed by atoms with Gasteiger partial charge in [-0.2, -0.15) is 48.3 Å². The second-order valence-corrected chi connectivity index (χ2v) is 4.84. The van der Waals surface area contributed by atoms with Crippen molar-refractivity contribution in [1.82, 2.24) is 5.32 Å². The van der Waals surface area contributed by atoms with Gasteiger partial charge < -0.3 is 10.4 Å². The second kappa shape index (κ2) is 9.71. The van der Waals surface area contributed by atoms with E-state index >= 15 is 0 Å². The van der Waals surface area contributed by atoms with Gasteiger partial charge in [0.15, 0.2) is 0 Å². The summed E-state index contributed by atoms with van der Waals surface area (Å²) in [5, 5.41) is 11.0. The van der Waals surface area contributed by atoms with Crippen molar-refractivity contribution in [2.45, 2.75) is 56.9 Å². The van der Waals surface area contributed by atoms with Crippen molar-refractivity contribution in [3.63, 3.8) is 0 Å². The Morgan fingerprint density at radius 2 is 1.19 bits per heavy atom. The Bertz CT molecular complexity index is 460. The summed E-state index contributed by atoms with van der Waals surface area (Å²) in [7, 11) is 0. The van der Waals surface area contributed by atoms with E-state index in [1.54, 1.807) is 4.74 Å². The highest BCUT2D eigenvalue weighted by atomic mass is 19.4. The molecule has 0 saturated carbocycles. The fraction of sp³-hybridized carbons (Fsp3) is 0.917. The third-order valence-electron chi connectivity index (χ3n) is 2.48. The fourth-order valence-electron chi connectivity index (χ4n) is 1.11. The number of ether oxygens (including phenoxy) is 1. The minimum atomic E-state index is -7.27. The normalized spacial score (nSPS) is 15.6. The van der Waals surface area contributed by atoms with Gasteiger partial charge in [0.05, 0.1) is 0 Å². The summed E-state index contributed by atoms with van der Waals surface area (Å²) in [5.74, 6) is -17.6. The Kier molecular flexibility index (Phi) is 10.0. The van der Waals surface area contributed by atoms with Gasteiger partial charge in [-0.25, -0.2) is 4.79 Å². The zero-order chi connectivity index (χ0) is 22.3. The van der Waals surface area contributed by atoms with Gasteiger partial charge in [-0.3, -0.25) is 4.74 Å². The summed E-state index contributed by atoms with van der Waals surface area (Å²) in [4.78, 5) is 9.84. The van der Waals surface area contributed by atoms with Gasteiger partial charge in [0, 0.05) is 0 Å². The first-order chi connectivity index (χ1) is 11.8. The molecule has 0 spiro atoms. The topological polar surface area (TPSA) is 58.6 Å². The average Bonchev–Trinajstić information content (AvgIpc) is 2.45. The fourth-order valence-corrected chi connectivity index (χ4v) is 1.11. The number of nitrogens with one attached hydrogen (secondary N) is 1. The standard InChI is InChI=1S/C6HF11O3.C6H15N/c7-2(1(18)19,4(10,11)12)20-6(16,17)3(8,9)5(13,14)15;1-3-5-7-6-4-2/h(H,18,19);7H,3-6H2,1-2H3. The van der Waals surface area contributed by atoms with Gasteiger partial charge in [-0.1, -0.05) is 13.8 Å². The van der Waals surface area contributed by atoms with Gasteiger partial charge in [-0.15, -0.1) is 0 Å². The Balaban J connectivity index is 0. The maximum Gasteiger partial charge on any atom is 0.462 e. The summed E-state index contributed by atoms with van der Waals surface area (Å²) >= 11 is 0. The van der Waals surface area contributed by atoms with Crippen LogP contribution in [0.25, 0.3) is 0 Å². The minimum absolute atomic E-state index is 1.17. The molecule has 4 nitrogen and oxygen atoms in total. The highest BCUT2D eigenvalue weighted by Gasteiger charge is 2.79. The summed E-state index contributed by atoms with van der Waals surface area (Å²) in [6.07, 6.45) is -18.6. The molecule has 27 heavy (non-hydrogen) atoms. The van der Waals surface area contributed by atoms with Crippen molar-refractivity contribution >= 4 is 5.97 Å². The van der Waals surface area contributed by atoms with E-state index in [9.17, 15) is 53.1 Å². The summed E-state index contributed by atoms with van der Waals surface area (Å²) < 4.78 is 134. The smallest absolute Gasteiger partial charge is 0.462 e. The van der Waals surface area contributed by atoms with E-state index in [0.717, 1.165) is 0 Å². The lowest BCUT2D eigenvalue weighted by atomic mass is 10.2. The van der Waals surface area contributed by atoms with E-state index < -0.39 is 36.2 Å². The Hall–Kier alpha value is -1.38. The molecule has 164 valence electrons. The zero-order valence-corrected chi connectivity index (χ0v) is 13.7. The van der Waals surface area contributed by atoms with Gasteiger partial charge in [-0.05, 0) is 25.9 Å². The van der Waals surface area contributed by atoms with Crippen LogP contribution in [0.15, 0.2) is 0 Å². The number of carboxylic acids is 1. The van der Waals surface area contributed by atoms with Gasteiger partial charge in [0.1, 0.15) is 0 Å². The van der Waals surface area contributed by atoms with E-state index in [2.05, 4.69) is 19.2 Å². The molecular weight excluding hydrogens is 415 g/mol. The monoisotopic (exact) mass is 431 g/mol. The molecule has 15 heteroatoms.